The quantitative estimate of drug-likeness (QED) is 0.514. The first-order valence-electron chi connectivity index (χ1n) is 10.9. The second-order valence-corrected chi connectivity index (χ2v) is 13.9. The molecule has 1 aromatic rings. The van der Waals surface area contributed by atoms with Crippen LogP contribution in [0.2, 0.25) is 18.1 Å². The maximum absolute atomic E-state index is 6.95. The number of ether oxygens (including phenoxy) is 1. The van der Waals surface area contributed by atoms with E-state index >= 15 is 0 Å². The van der Waals surface area contributed by atoms with Crippen LogP contribution in [0.1, 0.15) is 59.1 Å². The van der Waals surface area contributed by atoms with Gasteiger partial charge >= 0.3 is 0 Å². The molecule has 0 bridgehead atoms. The normalized spacial score (nSPS) is 27.3. The molecule has 0 heterocycles. The van der Waals surface area contributed by atoms with Crippen molar-refractivity contribution in [3.8, 4) is 5.75 Å². The van der Waals surface area contributed by atoms with Crippen LogP contribution in [0.25, 0.3) is 0 Å². The largest absolute Gasteiger partial charge is 0.496 e. The van der Waals surface area contributed by atoms with Crippen molar-refractivity contribution in [2.24, 2.45) is 17.3 Å². The Labute approximate surface area is 167 Å². The van der Waals surface area contributed by atoms with Gasteiger partial charge in [0.25, 0.3) is 0 Å². The maximum atomic E-state index is 6.95. The van der Waals surface area contributed by atoms with Gasteiger partial charge in [0.05, 0.1) is 13.2 Å². The summed E-state index contributed by atoms with van der Waals surface area (Å²) in [5.74, 6) is 2.80. The van der Waals surface area contributed by atoms with Crippen LogP contribution in [0.15, 0.2) is 24.3 Å². The molecular formula is C23H39NO2Si. The zero-order valence-corrected chi connectivity index (χ0v) is 19.2. The Kier molecular flexibility index (Phi) is 6.39. The van der Waals surface area contributed by atoms with E-state index in [1.54, 1.807) is 7.11 Å². The molecule has 0 amide bonds. The van der Waals surface area contributed by atoms with Gasteiger partial charge in [-0.2, -0.15) is 0 Å². The van der Waals surface area contributed by atoms with Crippen molar-refractivity contribution in [1.82, 2.24) is 5.32 Å². The molecule has 1 aromatic carbocycles. The minimum Gasteiger partial charge on any atom is -0.496 e. The Morgan fingerprint density at radius 3 is 2.22 bits per heavy atom. The number of methoxy groups -OCH3 is 1. The van der Waals surface area contributed by atoms with E-state index in [0.29, 0.717) is 11.5 Å². The molecule has 2 aliphatic carbocycles. The molecule has 2 saturated carbocycles. The smallest absolute Gasteiger partial charge is 0.192 e. The molecule has 0 saturated heterocycles. The van der Waals surface area contributed by atoms with Gasteiger partial charge in [-0.1, -0.05) is 52.8 Å². The lowest BCUT2D eigenvalue weighted by atomic mass is 9.97. The summed E-state index contributed by atoms with van der Waals surface area (Å²) in [5.41, 5.74) is 1.79. The van der Waals surface area contributed by atoms with Crippen LogP contribution in [0.3, 0.4) is 0 Å². The third-order valence-electron chi connectivity index (χ3n) is 7.77. The number of rotatable bonds is 10. The highest BCUT2D eigenvalue weighted by atomic mass is 28.4. The highest BCUT2D eigenvalue weighted by Gasteiger charge is 2.61. The van der Waals surface area contributed by atoms with E-state index < -0.39 is 8.32 Å². The lowest BCUT2D eigenvalue weighted by Gasteiger charge is -2.35. The first-order valence-corrected chi connectivity index (χ1v) is 13.5. The average Bonchev–Trinajstić information content (AvgIpc) is 3.03. The number of para-hydroxylation sites is 1. The summed E-state index contributed by atoms with van der Waals surface area (Å²) in [6.07, 6.45) is 2.74. The molecule has 3 unspecified atom stereocenters. The molecule has 0 spiro atoms. The van der Waals surface area contributed by atoms with Crippen LogP contribution in [-0.4, -0.2) is 28.0 Å². The molecular weight excluding hydrogens is 350 g/mol. The van der Waals surface area contributed by atoms with E-state index in [4.69, 9.17) is 9.16 Å². The van der Waals surface area contributed by atoms with Gasteiger partial charge in [0.15, 0.2) is 8.32 Å². The number of hydrogen-bond donors (Lipinski definition) is 1. The molecule has 2 aliphatic rings. The molecule has 152 valence electrons. The van der Waals surface area contributed by atoms with Crippen LogP contribution >= 0.6 is 0 Å². The SMILES string of the molecule is CC[Si](CC)(CC)OC(CNC1CC2C(C1)C2(C)C)c1ccccc1OC. The molecule has 27 heavy (non-hydrogen) atoms. The van der Waals surface area contributed by atoms with Crippen molar-refractivity contribution in [2.45, 2.75) is 77.7 Å². The van der Waals surface area contributed by atoms with Gasteiger partial charge in [0.1, 0.15) is 5.75 Å². The van der Waals surface area contributed by atoms with Gasteiger partial charge < -0.3 is 14.5 Å². The van der Waals surface area contributed by atoms with E-state index in [1.807, 2.05) is 6.07 Å². The Balaban J connectivity index is 1.72. The predicted octanol–water partition coefficient (Wildman–Crippen LogP) is 5.78. The summed E-state index contributed by atoms with van der Waals surface area (Å²) >= 11 is 0. The van der Waals surface area contributed by atoms with Crippen LogP contribution in [0, 0.1) is 17.3 Å². The van der Waals surface area contributed by atoms with Crippen molar-refractivity contribution < 1.29 is 9.16 Å². The zero-order valence-electron chi connectivity index (χ0n) is 18.2. The Morgan fingerprint density at radius 1 is 1.07 bits per heavy atom. The standard InChI is InChI=1S/C23H39NO2Si/c1-7-27(8-2,9-3)26-22(18-12-10-11-13-21(18)25-6)16-24-17-14-19-20(15-17)23(19,4)5/h10-13,17,19-20,22,24H,7-9,14-16H2,1-6H3. The van der Waals surface area contributed by atoms with Gasteiger partial charge in [0.2, 0.25) is 0 Å². The minimum absolute atomic E-state index is 0.0811. The number of benzene rings is 1. The monoisotopic (exact) mass is 389 g/mol. The second kappa shape index (κ2) is 8.26. The zero-order chi connectivity index (χ0) is 19.7. The highest BCUT2D eigenvalue weighted by molar-refractivity contribution is 6.73. The molecule has 3 nitrogen and oxygen atoms in total. The van der Waals surface area contributed by atoms with E-state index in [0.717, 1.165) is 24.1 Å². The van der Waals surface area contributed by atoms with Gasteiger partial charge in [-0.15, -0.1) is 0 Å². The summed E-state index contributed by atoms with van der Waals surface area (Å²) < 4.78 is 12.6. The number of fused-ring (bicyclic) bond motifs is 1. The fourth-order valence-electron chi connectivity index (χ4n) is 5.39. The van der Waals surface area contributed by atoms with E-state index in [-0.39, 0.29) is 6.10 Å². The van der Waals surface area contributed by atoms with Crippen molar-refractivity contribution in [2.75, 3.05) is 13.7 Å². The summed E-state index contributed by atoms with van der Waals surface area (Å²) in [7, 11) is 0.0649. The highest BCUT2D eigenvalue weighted by Crippen LogP contribution is 2.66. The van der Waals surface area contributed by atoms with Crippen LogP contribution in [0.5, 0.6) is 5.75 Å². The molecule has 0 aliphatic heterocycles. The molecule has 4 heteroatoms. The third-order valence-corrected chi connectivity index (χ3v) is 12.4. The van der Waals surface area contributed by atoms with Crippen LogP contribution < -0.4 is 10.1 Å². The average molecular weight is 390 g/mol. The topological polar surface area (TPSA) is 30.5 Å². The minimum atomic E-state index is -1.70. The Hall–Kier alpha value is -0.843. The van der Waals surface area contributed by atoms with Gasteiger partial charge in [-0.05, 0) is 54.3 Å². The fraction of sp³-hybridized carbons (Fsp3) is 0.739. The Bertz CT molecular complexity index is 606. The second-order valence-electron chi connectivity index (χ2n) is 9.20. The summed E-state index contributed by atoms with van der Waals surface area (Å²) in [6.45, 7) is 12.7. The van der Waals surface area contributed by atoms with Gasteiger partial charge in [-0.3, -0.25) is 0 Å². The number of hydrogen-bond acceptors (Lipinski definition) is 3. The lowest BCUT2D eigenvalue weighted by molar-refractivity contribution is 0.175. The van der Waals surface area contributed by atoms with Crippen molar-refractivity contribution in [1.29, 1.82) is 0 Å². The molecule has 3 atom stereocenters. The van der Waals surface area contributed by atoms with E-state index in [1.165, 1.54) is 36.5 Å². The number of nitrogens with one attached hydrogen (secondary N) is 1. The molecule has 2 fully saturated rings. The van der Waals surface area contributed by atoms with E-state index in [2.05, 4.69) is 58.1 Å². The fourth-order valence-corrected chi connectivity index (χ4v) is 8.21. The molecule has 0 radical (unpaired) electrons. The predicted molar refractivity (Wildman–Crippen MR) is 116 cm³/mol. The van der Waals surface area contributed by atoms with Crippen molar-refractivity contribution in [3.63, 3.8) is 0 Å². The van der Waals surface area contributed by atoms with Crippen molar-refractivity contribution in [3.05, 3.63) is 29.8 Å². The van der Waals surface area contributed by atoms with E-state index in [9.17, 15) is 0 Å². The van der Waals surface area contributed by atoms with Gasteiger partial charge in [-0.25, -0.2) is 0 Å². The molecule has 3 rings (SSSR count). The van der Waals surface area contributed by atoms with Crippen LogP contribution in [-0.2, 0) is 4.43 Å². The summed E-state index contributed by atoms with van der Waals surface area (Å²) in [6, 6.07) is 12.6. The maximum Gasteiger partial charge on any atom is 0.192 e. The first-order chi connectivity index (χ1) is 12.9. The lowest BCUT2D eigenvalue weighted by Crippen LogP contribution is -2.41. The van der Waals surface area contributed by atoms with Gasteiger partial charge in [0, 0.05) is 18.2 Å². The summed E-state index contributed by atoms with van der Waals surface area (Å²) in [4.78, 5) is 0. The third kappa shape index (κ3) is 4.13. The molecule has 1 N–H and O–H groups in total. The van der Waals surface area contributed by atoms with Crippen molar-refractivity contribution >= 4 is 8.32 Å². The molecule has 0 aromatic heterocycles. The van der Waals surface area contributed by atoms with Crippen LogP contribution in [0.4, 0.5) is 0 Å². The summed E-state index contributed by atoms with van der Waals surface area (Å²) in [5, 5.41) is 3.87. The first kappa shape index (κ1) is 20.9. The Morgan fingerprint density at radius 2 is 1.67 bits per heavy atom.